The quantitative estimate of drug-likeness (QED) is 0.558. The van der Waals surface area contributed by atoms with Crippen molar-refractivity contribution >= 4 is 11.7 Å². The van der Waals surface area contributed by atoms with Crippen LogP contribution in [-0.4, -0.2) is 45.1 Å². The zero-order valence-electron chi connectivity index (χ0n) is 16.8. The number of nitrogen functional groups attached to an aromatic ring is 1. The second kappa shape index (κ2) is 7.75. The number of carbonyl (C=O) groups excluding carboxylic acids is 1. The molecule has 1 amide bonds. The van der Waals surface area contributed by atoms with Crippen molar-refractivity contribution in [3.8, 4) is 34.3 Å². The summed E-state index contributed by atoms with van der Waals surface area (Å²) in [5.41, 5.74) is 10.2. The summed E-state index contributed by atoms with van der Waals surface area (Å²) in [4.78, 5) is 22.4. The van der Waals surface area contributed by atoms with Gasteiger partial charge in [-0.1, -0.05) is 29.8 Å². The molecule has 8 nitrogen and oxygen atoms in total. The third-order valence-corrected chi connectivity index (χ3v) is 4.56. The van der Waals surface area contributed by atoms with Gasteiger partial charge >= 0.3 is 0 Å². The normalized spacial score (nSPS) is 10.8. The van der Waals surface area contributed by atoms with Crippen molar-refractivity contribution in [1.29, 1.82) is 0 Å². The third kappa shape index (κ3) is 3.75. The average molecular weight is 400 g/mol. The highest BCUT2D eigenvalue weighted by molar-refractivity contribution is 5.94. The largest absolute Gasteiger partial charge is 0.414 e. The number of aromatic nitrogens is 4. The number of carbonyl (C=O) groups is 1. The smallest absolute Gasteiger partial charge is 0.270 e. The topological polar surface area (TPSA) is 111 Å². The molecule has 4 rings (SSSR count). The van der Waals surface area contributed by atoms with Gasteiger partial charge in [-0.15, -0.1) is 10.2 Å². The van der Waals surface area contributed by atoms with E-state index in [9.17, 15) is 4.79 Å². The summed E-state index contributed by atoms with van der Waals surface area (Å²) in [7, 11) is 3.42. The molecule has 0 fully saturated rings. The van der Waals surface area contributed by atoms with Gasteiger partial charge in [0.1, 0.15) is 0 Å². The minimum Gasteiger partial charge on any atom is -0.414 e. The molecule has 0 saturated carbocycles. The minimum atomic E-state index is -0.0693. The molecule has 0 bridgehead atoms. The highest BCUT2D eigenvalue weighted by Crippen LogP contribution is 2.28. The molecular formula is C22H20N6O2. The number of hydrogen-bond donors (Lipinski definition) is 1. The maximum atomic E-state index is 12.1. The summed E-state index contributed by atoms with van der Waals surface area (Å²) in [6.07, 6.45) is 1.57. The Morgan fingerprint density at radius 3 is 2.23 bits per heavy atom. The highest BCUT2D eigenvalue weighted by atomic mass is 16.4. The molecule has 8 heteroatoms. The molecule has 150 valence electrons. The second-order valence-corrected chi connectivity index (χ2v) is 7.04. The number of anilines is 1. The van der Waals surface area contributed by atoms with Crippen LogP contribution in [0.2, 0.25) is 0 Å². The van der Waals surface area contributed by atoms with E-state index in [0.29, 0.717) is 22.8 Å². The van der Waals surface area contributed by atoms with E-state index in [0.717, 1.165) is 16.7 Å². The van der Waals surface area contributed by atoms with E-state index in [1.807, 2.05) is 43.3 Å². The van der Waals surface area contributed by atoms with E-state index in [1.54, 1.807) is 32.4 Å². The van der Waals surface area contributed by atoms with E-state index >= 15 is 0 Å². The fourth-order valence-corrected chi connectivity index (χ4v) is 2.87. The van der Waals surface area contributed by atoms with Crippen molar-refractivity contribution in [2.75, 3.05) is 19.8 Å². The lowest BCUT2D eigenvalue weighted by molar-refractivity contribution is 0.0827. The molecular weight excluding hydrogens is 380 g/mol. The molecule has 2 aromatic carbocycles. The number of benzene rings is 2. The predicted octanol–water partition coefficient (Wildman–Crippen LogP) is 3.45. The van der Waals surface area contributed by atoms with Gasteiger partial charge in [-0.2, -0.15) is 0 Å². The van der Waals surface area contributed by atoms with Crippen LogP contribution in [0.25, 0.3) is 34.3 Å². The molecule has 2 aromatic heterocycles. The first kappa shape index (κ1) is 19.3. The molecule has 0 unspecified atom stereocenters. The van der Waals surface area contributed by atoms with E-state index in [-0.39, 0.29) is 17.6 Å². The maximum Gasteiger partial charge on any atom is 0.270 e. The Hall–Kier alpha value is -4.07. The molecule has 0 atom stereocenters. The predicted molar refractivity (Wildman–Crippen MR) is 113 cm³/mol. The molecule has 0 aliphatic carbocycles. The van der Waals surface area contributed by atoms with Gasteiger partial charge in [-0.25, -0.2) is 9.97 Å². The Labute approximate surface area is 173 Å². The summed E-state index contributed by atoms with van der Waals surface area (Å²) >= 11 is 0. The van der Waals surface area contributed by atoms with Gasteiger partial charge in [0.05, 0.1) is 11.9 Å². The number of nitrogens with two attached hydrogens (primary N) is 1. The van der Waals surface area contributed by atoms with Crippen LogP contribution in [-0.2, 0) is 0 Å². The van der Waals surface area contributed by atoms with Crippen molar-refractivity contribution < 1.29 is 9.21 Å². The van der Waals surface area contributed by atoms with Gasteiger partial charge < -0.3 is 15.1 Å². The molecule has 2 heterocycles. The monoisotopic (exact) mass is 400 g/mol. The fourth-order valence-electron chi connectivity index (χ4n) is 2.87. The van der Waals surface area contributed by atoms with Crippen molar-refractivity contribution in [3.63, 3.8) is 0 Å². The Morgan fingerprint density at radius 2 is 1.57 bits per heavy atom. The van der Waals surface area contributed by atoms with Gasteiger partial charge in [-0.3, -0.25) is 4.79 Å². The zero-order chi connectivity index (χ0) is 21.3. The summed E-state index contributed by atoms with van der Waals surface area (Å²) in [5.74, 6) is 0.692. The molecule has 0 aliphatic heterocycles. The van der Waals surface area contributed by atoms with Crippen LogP contribution in [0.5, 0.6) is 0 Å². The number of aryl methyl sites for hydroxylation is 1. The van der Waals surface area contributed by atoms with E-state index in [4.69, 9.17) is 10.2 Å². The number of nitrogens with zero attached hydrogens (tertiary/aromatic N) is 5. The molecule has 4 aromatic rings. The Balaban J connectivity index is 1.66. The Morgan fingerprint density at radius 1 is 0.933 bits per heavy atom. The summed E-state index contributed by atoms with van der Waals surface area (Å²) in [6, 6.07) is 14.9. The van der Waals surface area contributed by atoms with Gasteiger partial charge in [0.25, 0.3) is 11.8 Å². The van der Waals surface area contributed by atoms with Gasteiger partial charge in [0, 0.05) is 30.8 Å². The van der Waals surface area contributed by atoms with Crippen LogP contribution < -0.4 is 5.73 Å². The minimum absolute atomic E-state index is 0.0693. The number of rotatable bonds is 4. The molecule has 2 N–H and O–H groups in total. The summed E-state index contributed by atoms with van der Waals surface area (Å²) < 4.78 is 5.79. The first-order valence-electron chi connectivity index (χ1n) is 9.28. The van der Waals surface area contributed by atoms with Crippen LogP contribution >= 0.6 is 0 Å². The van der Waals surface area contributed by atoms with E-state index < -0.39 is 0 Å². The van der Waals surface area contributed by atoms with Crippen molar-refractivity contribution in [2.24, 2.45) is 0 Å². The van der Waals surface area contributed by atoms with E-state index in [2.05, 4.69) is 20.2 Å². The highest BCUT2D eigenvalue weighted by Gasteiger charge is 2.17. The zero-order valence-corrected chi connectivity index (χ0v) is 16.8. The SMILES string of the molecule is Cc1ccc(-c2nnc(-c3nc(-c4ccc(C(=O)N(C)C)cc4)cnc3N)o2)cc1. The summed E-state index contributed by atoms with van der Waals surface area (Å²) in [6.45, 7) is 2.01. The lowest BCUT2D eigenvalue weighted by Crippen LogP contribution is -2.21. The maximum absolute atomic E-state index is 12.1. The fraction of sp³-hybridized carbons (Fsp3) is 0.136. The third-order valence-electron chi connectivity index (χ3n) is 4.56. The standard InChI is InChI=1S/C22H20N6O2/c1-13-4-6-15(7-5-13)20-26-27-21(30-20)18-19(23)24-12-17(25-18)14-8-10-16(11-9-14)22(29)28(2)3/h4-12H,1-3H3,(H2,23,24). The van der Waals surface area contributed by atoms with Crippen molar-refractivity contribution in [1.82, 2.24) is 25.1 Å². The van der Waals surface area contributed by atoms with Gasteiger partial charge in [-0.05, 0) is 31.2 Å². The van der Waals surface area contributed by atoms with E-state index in [1.165, 1.54) is 4.90 Å². The van der Waals surface area contributed by atoms with Crippen LogP contribution in [0, 0.1) is 6.92 Å². The lowest BCUT2D eigenvalue weighted by Gasteiger charge is -2.10. The van der Waals surface area contributed by atoms with Crippen LogP contribution in [0.15, 0.2) is 59.1 Å². The Kier molecular flexibility index (Phi) is 4.97. The molecule has 0 spiro atoms. The molecule has 0 saturated heterocycles. The first-order chi connectivity index (χ1) is 14.4. The molecule has 0 aliphatic rings. The van der Waals surface area contributed by atoms with Crippen LogP contribution in [0.3, 0.4) is 0 Å². The van der Waals surface area contributed by atoms with Gasteiger partial charge in [0.2, 0.25) is 5.89 Å². The second-order valence-electron chi connectivity index (χ2n) is 7.04. The first-order valence-corrected chi connectivity index (χ1v) is 9.28. The average Bonchev–Trinajstić information content (AvgIpc) is 3.24. The summed E-state index contributed by atoms with van der Waals surface area (Å²) in [5, 5.41) is 8.19. The van der Waals surface area contributed by atoms with Crippen LogP contribution in [0.4, 0.5) is 5.82 Å². The van der Waals surface area contributed by atoms with Crippen molar-refractivity contribution in [3.05, 3.63) is 65.9 Å². The van der Waals surface area contributed by atoms with Crippen molar-refractivity contribution in [2.45, 2.75) is 6.92 Å². The Bertz CT molecular complexity index is 1200. The van der Waals surface area contributed by atoms with Crippen LogP contribution in [0.1, 0.15) is 15.9 Å². The molecule has 0 radical (unpaired) electrons. The number of hydrogen-bond acceptors (Lipinski definition) is 7. The van der Waals surface area contributed by atoms with Gasteiger partial charge in [0.15, 0.2) is 11.5 Å². The molecule has 30 heavy (non-hydrogen) atoms. The number of amides is 1. The lowest BCUT2D eigenvalue weighted by atomic mass is 10.1.